The van der Waals surface area contributed by atoms with E-state index in [1.807, 2.05) is 44.9 Å². The van der Waals surface area contributed by atoms with Crippen LogP contribution in [0.15, 0.2) is 28.1 Å². The minimum atomic E-state index is -0.573. The number of nitrogens with zero attached hydrogens (tertiary/aromatic N) is 4. The number of benzene rings is 1. The van der Waals surface area contributed by atoms with Crippen LogP contribution in [0, 0.1) is 11.8 Å². The van der Waals surface area contributed by atoms with Crippen LogP contribution in [0.3, 0.4) is 0 Å². The van der Waals surface area contributed by atoms with Gasteiger partial charge in [0.05, 0.1) is 44.4 Å². The molecule has 11 heteroatoms. The second-order valence-corrected chi connectivity index (χ2v) is 15.4. The van der Waals surface area contributed by atoms with E-state index in [2.05, 4.69) is 42.5 Å². The van der Waals surface area contributed by atoms with Gasteiger partial charge in [-0.25, -0.2) is 9.78 Å². The first-order valence-corrected chi connectivity index (χ1v) is 16.3. The molecule has 3 atom stereocenters. The molecule has 0 radical (unpaired) electrons. The molecular formula is C31H36BrN5O4S. The zero-order valence-electron chi connectivity index (χ0n) is 24.6. The zero-order chi connectivity index (χ0) is 29.5. The summed E-state index contributed by atoms with van der Waals surface area (Å²) in [5, 5.41) is 3.05. The number of halogens is 1. The number of thiophene rings is 1. The summed E-state index contributed by atoms with van der Waals surface area (Å²) < 4.78 is 18.2. The highest BCUT2D eigenvalue weighted by molar-refractivity contribution is 9.11. The average molecular weight is 655 g/mol. The number of nitrogens with one attached hydrogen (secondary N) is 1. The second-order valence-electron chi connectivity index (χ2n) is 13.0. The van der Waals surface area contributed by atoms with Crippen LogP contribution in [0.4, 0.5) is 4.79 Å². The third-order valence-electron chi connectivity index (χ3n) is 8.86. The number of fused-ring (bicyclic) bond motifs is 4. The highest BCUT2D eigenvalue weighted by Crippen LogP contribution is 2.42. The number of likely N-dealkylation sites (tertiary alicyclic amines) is 1. The van der Waals surface area contributed by atoms with Gasteiger partial charge >= 0.3 is 6.09 Å². The van der Waals surface area contributed by atoms with Crippen molar-refractivity contribution in [1.29, 1.82) is 0 Å². The molecule has 1 N–H and O–H groups in total. The molecule has 1 saturated heterocycles. The van der Waals surface area contributed by atoms with E-state index in [1.165, 1.54) is 23.1 Å². The Morgan fingerprint density at radius 2 is 1.93 bits per heavy atom. The normalized spacial score (nSPS) is 22.0. The standard InChI is InChI=1S/C31H36BrN5O4S/c1-31(2,3)41-30(39)34-26-17-8-9-20(26)37(15-17)29(38)18-10-19-27(23(11-18)40-5)35(4)28(33-19)22-12-24-21(13-25(32)42-24)36(22)14-16-6-7-16/h10-13,16-17,20,26H,6-9,14-15H2,1-5H3,(H,34,39). The molecule has 9 nitrogen and oxygen atoms in total. The molecule has 222 valence electrons. The van der Waals surface area contributed by atoms with Crippen LogP contribution in [-0.2, 0) is 18.3 Å². The van der Waals surface area contributed by atoms with E-state index in [-0.39, 0.29) is 23.9 Å². The van der Waals surface area contributed by atoms with E-state index in [1.54, 1.807) is 18.4 Å². The Hall–Kier alpha value is -3.05. The molecule has 42 heavy (non-hydrogen) atoms. The molecule has 1 aromatic carbocycles. The number of alkyl carbamates (subject to hydrolysis) is 1. The monoisotopic (exact) mass is 653 g/mol. The van der Waals surface area contributed by atoms with Gasteiger partial charge in [0.25, 0.3) is 5.91 Å². The first kappa shape index (κ1) is 27.8. The van der Waals surface area contributed by atoms with Crippen molar-refractivity contribution < 1.29 is 19.1 Å². The van der Waals surface area contributed by atoms with Crippen LogP contribution in [-0.4, -0.2) is 62.4 Å². The minimum absolute atomic E-state index is 0.0611. The molecular weight excluding hydrogens is 618 g/mol. The van der Waals surface area contributed by atoms with Crippen molar-refractivity contribution in [2.24, 2.45) is 18.9 Å². The van der Waals surface area contributed by atoms with Gasteiger partial charge in [0.2, 0.25) is 0 Å². The third-order valence-corrected chi connectivity index (χ3v) is 10.4. The van der Waals surface area contributed by atoms with Gasteiger partial charge in [-0.05, 0) is 98.5 Å². The van der Waals surface area contributed by atoms with Crippen LogP contribution >= 0.6 is 27.3 Å². The number of carbonyl (C=O) groups excluding carboxylic acids is 2. The molecule has 3 aliphatic rings. The maximum absolute atomic E-state index is 14.0. The topological polar surface area (TPSA) is 90.6 Å². The number of ether oxygens (including phenoxy) is 2. The van der Waals surface area contributed by atoms with Gasteiger partial charge in [-0.2, -0.15) is 0 Å². The Bertz CT molecular complexity index is 1730. The number of aryl methyl sites for hydroxylation is 1. The molecule has 0 spiro atoms. The smallest absolute Gasteiger partial charge is 0.407 e. The lowest BCUT2D eigenvalue weighted by molar-refractivity contribution is 0.0485. The van der Waals surface area contributed by atoms with Crippen molar-refractivity contribution in [2.75, 3.05) is 13.7 Å². The van der Waals surface area contributed by atoms with Gasteiger partial charge in [0, 0.05) is 25.7 Å². The number of hydrogen-bond donors (Lipinski definition) is 1. The van der Waals surface area contributed by atoms with E-state index < -0.39 is 11.7 Å². The van der Waals surface area contributed by atoms with Crippen molar-refractivity contribution in [3.63, 3.8) is 0 Å². The van der Waals surface area contributed by atoms with Gasteiger partial charge in [-0.1, -0.05) is 0 Å². The van der Waals surface area contributed by atoms with Crippen molar-refractivity contribution in [1.82, 2.24) is 24.3 Å². The number of methoxy groups -OCH3 is 1. The summed E-state index contributed by atoms with van der Waals surface area (Å²) in [6.45, 7) is 7.14. The molecule has 1 aliphatic heterocycles. The highest BCUT2D eigenvalue weighted by Gasteiger charge is 2.50. The summed E-state index contributed by atoms with van der Waals surface area (Å²) in [5.41, 5.74) is 3.87. The molecule has 4 heterocycles. The minimum Gasteiger partial charge on any atom is -0.494 e. The van der Waals surface area contributed by atoms with Crippen molar-refractivity contribution in [3.05, 3.63) is 33.6 Å². The number of aromatic nitrogens is 3. The van der Waals surface area contributed by atoms with E-state index in [9.17, 15) is 9.59 Å². The van der Waals surface area contributed by atoms with Gasteiger partial charge in [-0.15, -0.1) is 11.3 Å². The highest BCUT2D eigenvalue weighted by atomic mass is 79.9. The molecule has 4 aromatic rings. The zero-order valence-corrected chi connectivity index (χ0v) is 27.0. The molecule has 3 unspecified atom stereocenters. The third kappa shape index (κ3) is 4.78. The molecule has 2 bridgehead atoms. The fourth-order valence-corrected chi connectivity index (χ4v) is 8.39. The van der Waals surface area contributed by atoms with Crippen LogP contribution in [0.5, 0.6) is 5.75 Å². The maximum atomic E-state index is 14.0. The summed E-state index contributed by atoms with van der Waals surface area (Å²) in [4.78, 5) is 33.5. The first-order chi connectivity index (χ1) is 20.0. The molecule has 3 aromatic heterocycles. The summed E-state index contributed by atoms with van der Waals surface area (Å²) in [5.74, 6) is 2.33. The number of imidazole rings is 1. The fourth-order valence-electron chi connectivity index (χ4n) is 6.83. The van der Waals surface area contributed by atoms with Crippen LogP contribution in [0.25, 0.3) is 32.8 Å². The Morgan fingerprint density at radius 1 is 1.14 bits per heavy atom. The molecule has 2 amide bonds. The van der Waals surface area contributed by atoms with Gasteiger partial charge in [-0.3, -0.25) is 4.79 Å². The quantitative estimate of drug-likeness (QED) is 0.254. The number of rotatable bonds is 6. The van der Waals surface area contributed by atoms with Gasteiger partial charge in [0.15, 0.2) is 5.82 Å². The van der Waals surface area contributed by atoms with E-state index in [0.29, 0.717) is 23.8 Å². The second kappa shape index (κ2) is 10.0. The largest absolute Gasteiger partial charge is 0.494 e. The van der Waals surface area contributed by atoms with Gasteiger partial charge in [0.1, 0.15) is 16.9 Å². The number of piperidine rings is 1. The number of carbonyl (C=O) groups is 2. The fraction of sp³-hybridized carbons (Fsp3) is 0.516. The predicted molar refractivity (Wildman–Crippen MR) is 167 cm³/mol. The van der Waals surface area contributed by atoms with E-state index >= 15 is 0 Å². The molecule has 2 saturated carbocycles. The predicted octanol–water partition coefficient (Wildman–Crippen LogP) is 6.57. The average Bonchev–Trinajstić information content (AvgIpc) is 3.14. The Balaban J connectivity index is 1.21. The Kier molecular flexibility index (Phi) is 6.62. The van der Waals surface area contributed by atoms with Crippen LogP contribution in [0.1, 0.15) is 56.8 Å². The van der Waals surface area contributed by atoms with Crippen molar-refractivity contribution in [2.45, 2.75) is 70.7 Å². The lowest BCUT2D eigenvalue weighted by atomic mass is 10.1. The maximum Gasteiger partial charge on any atom is 0.407 e. The molecule has 7 rings (SSSR count). The molecule has 3 fully saturated rings. The summed E-state index contributed by atoms with van der Waals surface area (Å²) in [6.07, 6.45) is 3.93. The van der Waals surface area contributed by atoms with E-state index in [0.717, 1.165) is 45.7 Å². The lowest BCUT2D eigenvalue weighted by Crippen LogP contribution is -2.46. The first-order valence-electron chi connectivity index (χ1n) is 14.6. The summed E-state index contributed by atoms with van der Waals surface area (Å²) in [7, 11) is 3.65. The van der Waals surface area contributed by atoms with Crippen molar-refractivity contribution >= 4 is 60.5 Å². The SMILES string of the molecule is COc1cc(C(=O)N2CC3CCC2C3NC(=O)OC(C)(C)C)cc2nc(-c3cc4sc(Br)cc4n3CC3CC3)n(C)c12. The Labute approximate surface area is 257 Å². The summed E-state index contributed by atoms with van der Waals surface area (Å²) >= 11 is 5.39. The van der Waals surface area contributed by atoms with Gasteiger partial charge < -0.3 is 28.8 Å². The summed E-state index contributed by atoms with van der Waals surface area (Å²) in [6, 6.07) is 7.97. The lowest BCUT2D eigenvalue weighted by Gasteiger charge is -2.28. The number of amides is 2. The van der Waals surface area contributed by atoms with Crippen molar-refractivity contribution in [3.8, 4) is 17.3 Å². The number of hydrogen-bond acceptors (Lipinski definition) is 6. The van der Waals surface area contributed by atoms with Crippen LogP contribution < -0.4 is 10.1 Å². The van der Waals surface area contributed by atoms with E-state index in [4.69, 9.17) is 14.5 Å². The van der Waals surface area contributed by atoms with Crippen LogP contribution in [0.2, 0.25) is 0 Å². The Morgan fingerprint density at radius 3 is 2.64 bits per heavy atom. The molecule has 2 aliphatic carbocycles.